The molecule has 1 fully saturated rings. The van der Waals surface area contributed by atoms with Crippen molar-refractivity contribution >= 4 is 17.5 Å². The Morgan fingerprint density at radius 1 is 0.967 bits per heavy atom. The van der Waals surface area contributed by atoms with Crippen LogP contribution in [0.1, 0.15) is 21.5 Å². The zero-order valence-corrected chi connectivity index (χ0v) is 16.2. The second kappa shape index (κ2) is 9.73. The average molecular weight is 421 g/mol. The minimum Gasteiger partial charge on any atom is -0.379 e. The molecule has 1 heterocycles. The number of halogens is 3. The molecule has 2 amide bonds. The van der Waals surface area contributed by atoms with E-state index in [1.807, 2.05) is 12.1 Å². The van der Waals surface area contributed by atoms with Gasteiger partial charge in [0.15, 0.2) is 0 Å². The lowest BCUT2D eigenvalue weighted by molar-refractivity contribution is -0.137. The third-order valence-corrected chi connectivity index (χ3v) is 4.63. The maximum absolute atomic E-state index is 12.6. The summed E-state index contributed by atoms with van der Waals surface area (Å²) in [7, 11) is 0. The van der Waals surface area contributed by atoms with Crippen molar-refractivity contribution in [2.75, 3.05) is 38.2 Å². The summed E-state index contributed by atoms with van der Waals surface area (Å²) in [5.74, 6) is -1.06. The summed E-state index contributed by atoms with van der Waals surface area (Å²) in [5, 5.41) is 5.06. The van der Waals surface area contributed by atoms with E-state index in [1.165, 1.54) is 0 Å². The molecule has 0 bridgehead atoms. The monoisotopic (exact) mass is 421 g/mol. The molecule has 1 aliphatic heterocycles. The number of nitrogens with zero attached hydrogens (tertiary/aromatic N) is 1. The third-order valence-electron chi connectivity index (χ3n) is 4.63. The van der Waals surface area contributed by atoms with Gasteiger partial charge in [0, 0.05) is 30.9 Å². The Labute approximate surface area is 172 Å². The molecule has 1 saturated heterocycles. The Kier molecular flexibility index (Phi) is 7.07. The van der Waals surface area contributed by atoms with Crippen molar-refractivity contribution in [2.45, 2.75) is 12.7 Å². The molecule has 6 nitrogen and oxygen atoms in total. The number of carbonyl (C=O) groups is 2. The fourth-order valence-electron chi connectivity index (χ4n) is 2.99. The second-order valence-electron chi connectivity index (χ2n) is 6.89. The number of benzene rings is 2. The van der Waals surface area contributed by atoms with Gasteiger partial charge in [-0.05, 0) is 42.0 Å². The summed E-state index contributed by atoms with van der Waals surface area (Å²) in [6, 6.07) is 11.2. The zero-order chi connectivity index (χ0) is 21.6. The molecule has 0 aromatic heterocycles. The van der Waals surface area contributed by atoms with Crippen LogP contribution in [0.2, 0.25) is 0 Å². The molecule has 1 aliphatic rings. The second-order valence-corrected chi connectivity index (χ2v) is 6.89. The van der Waals surface area contributed by atoms with E-state index in [4.69, 9.17) is 4.74 Å². The Balaban J connectivity index is 1.45. The Hall–Kier alpha value is -2.91. The van der Waals surface area contributed by atoms with Gasteiger partial charge >= 0.3 is 6.18 Å². The number of hydrogen-bond donors (Lipinski definition) is 2. The molecule has 0 atom stereocenters. The van der Waals surface area contributed by atoms with Crippen LogP contribution in [0, 0.1) is 0 Å². The van der Waals surface area contributed by atoms with Crippen LogP contribution in [0.3, 0.4) is 0 Å². The molecule has 0 radical (unpaired) electrons. The number of alkyl halides is 3. The van der Waals surface area contributed by atoms with Gasteiger partial charge in [-0.2, -0.15) is 13.2 Å². The minimum absolute atomic E-state index is 0.0447. The van der Waals surface area contributed by atoms with E-state index in [0.29, 0.717) is 5.69 Å². The molecule has 0 unspecified atom stereocenters. The van der Waals surface area contributed by atoms with Crippen LogP contribution in [0.5, 0.6) is 0 Å². The highest BCUT2D eigenvalue weighted by Gasteiger charge is 2.30. The van der Waals surface area contributed by atoms with E-state index >= 15 is 0 Å². The normalized spacial score (nSPS) is 14.9. The largest absolute Gasteiger partial charge is 0.416 e. The standard InChI is InChI=1S/C21H22F3N3O3/c22-21(23,24)17-5-3-16(4-6-17)20(29)25-13-19(28)26-18-7-1-15(2-8-18)14-27-9-11-30-12-10-27/h1-8H,9-14H2,(H,25,29)(H,26,28). The number of nitrogens with one attached hydrogen (secondary N) is 2. The van der Waals surface area contributed by atoms with Crippen LogP contribution in [-0.2, 0) is 22.3 Å². The Bertz CT molecular complexity index is 862. The fourth-order valence-corrected chi connectivity index (χ4v) is 2.99. The van der Waals surface area contributed by atoms with Gasteiger partial charge < -0.3 is 15.4 Å². The van der Waals surface area contributed by atoms with Crippen molar-refractivity contribution in [2.24, 2.45) is 0 Å². The Morgan fingerprint density at radius 2 is 1.60 bits per heavy atom. The molecular formula is C21H22F3N3O3. The molecule has 0 saturated carbocycles. The first kappa shape index (κ1) is 21.8. The minimum atomic E-state index is -4.47. The van der Waals surface area contributed by atoms with Crippen molar-refractivity contribution in [1.82, 2.24) is 10.2 Å². The van der Waals surface area contributed by atoms with Gasteiger partial charge in [0.05, 0.1) is 25.3 Å². The Morgan fingerprint density at radius 3 is 2.20 bits per heavy atom. The maximum atomic E-state index is 12.6. The number of carbonyl (C=O) groups excluding carboxylic acids is 2. The van der Waals surface area contributed by atoms with Gasteiger partial charge in [-0.15, -0.1) is 0 Å². The van der Waals surface area contributed by atoms with Crippen molar-refractivity contribution in [3.8, 4) is 0 Å². The first-order valence-corrected chi connectivity index (χ1v) is 9.45. The van der Waals surface area contributed by atoms with Gasteiger partial charge in [0.1, 0.15) is 0 Å². The number of anilines is 1. The molecule has 2 N–H and O–H groups in total. The van der Waals surface area contributed by atoms with E-state index in [-0.39, 0.29) is 12.1 Å². The van der Waals surface area contributed by atoms with E-state index in [9.17, 15) is 22.8 Å². The SMILES string of the molecule is O=C(CNC(=O)c1ccc(C(F)(F)F)cc1)Nc1ccc(CN2CCOCC2)cc1. The topological polar surface area (TPSA) is 70.7 Å². The summed E-state index contributed by atoms with van der Waals surface area (Å²) < 4.78 is 43.0. The van der Waals surface area contributed by atoms with Crippen LogP contribution in [0.15, 0.2) is 48.5 Å². The van der Waals surface area contributed by atoms with Gasteiger partial charge in [0.25, 0.3) is 5.91 Å². The van der Waals surface area contributed by atoms with Gasteiger partial charge in [-0.3, -0.25) is 14.5 Å². The van der Waals surface area contributed by atoms with Crippen LogP contribution >= 0.6 is 0 Å². The average Bonchev–Trinajstić information content (AvgIpc) is 2.74. The molecule has 0 aliphatic carbocycles. The van der Waals surface area contributed by atoms with Crippen LogP contribution in [-0.4, -0.2) is 49.6 Å². The third kappa shape index (κ3) is 6.30. The summed E-state index contributed by atoms with van der Waals surface area (Å²) in [6.07, 6.45) is -4.47. The van der Waals surface area contributed by atoms with Crippen molar-refractivity contribution in [1.29, 1.82) is 0 Å². The van der Waals surface area contributed by atoms with Gasteiger partial charge in [-0.25, -0.2) is 0 Å². The van der Waals surface area contributed by atoms with E-state index in [2.05, 4.69) is 15.5 Å². The summed E-state index contributed by atoms with van der Waals surface area (Å²) in [5.41, 5.74) is 0.914. The molecular weight excluding hydrogens is 399 g/mol. The summed E-state index contributed by atoms with van der Waals surface area (Å²) in [6.45, 7) is 3.74. The molecule has 30 heavy (non-hydrogen) atoms. The van der Waals surface area contributed by atoms with E-state index in [1.54, 1.807) is 12.1 Å². The highest BCUT2D eigenvalue weighted by atomic mass is 19.4. The van der Waals surface area contributed by atoms with Crippen molar-refractivity contribution in [3.05, 3.63) is 65.2 Å². The fraction of sp³-hybridized carbons (Fsp3) is 0.333. The number of morpholine rings is 1. The summed E-state index contributed by atoms with van der Waals surface area (Å²) >= 11 is 0. The van der Waals surface area contributed by atoms with Gasteiger partial charge in [-0.1, -0.05) is 12.1 Å². The molecule has 160 valence electrons. The van der Waals surface area contributed by atoms with E-state index in [0.717, 1.165) is 62.7 Å². The lowest BCUT2D eigenvalue weighted by atomic mass is 10.1. The number of hydrogen-bond acceptors (Lipinski definition) is 4. The molecule has 0 spiro atoms. The number of rotatable bonds is 6. The first-order chi connectivity index (χ1) is 14.3. The van der Waals surface area contributed by atoms with Crippen LogP contribution in [0.25, 0.3) is 0 Å². The van der Waals surface area contributed by atoms with Crippen molar-refractivity contribution in [3.63, 3.8) is 0 Å². The van der Waals surface area contributed by atoms with Crippen molar-refractivity contribution < 1.29 is 27.5 Å². The molecule has 2 aromatic rings. The number of amides is 2. The first-order valence-electron chi connectivity index (χ1n) is 9.45. The lowest BCUT2D eigenvalue weighted by Gasteiger charge is -2.26. The maximum Gasteiger partial charge on any atom is 0.416 e. The predicted octanol–water partition coefficient (Wildman–Crippen LogP) is 2.91. The predicted molar refractivity (Wildman–Crippen MR) is 105 cm³/mol. The van der Waals surface area contributed by atoms with Crippen LogP contribution < -0.4 is 10.6 Å². The lowest BCUT2D eigenvalue weighted by Crippen LogP contribution is -2.35. The van der Waals surface area contributed by atoms with Crippen LogP contribution in [0.4, 0.5) is 18.9 Å². The van der Waals surface area contributed by atoms with Gasteiger partial charge in [0.2, 0.25) is 5.91 Å². The smallest absolute Gasteiger partial charge is 0.379 e. The quantitative estimate of drug-likeness (QED) is 0.753. The zero-order valence-electron chi connectivity index (χ0n) is 16.2. The highest BCUT2D eigenvalue weighted by Crippen LogP contribution is 2.29. The van der Waals surface area contributed by atoms with E-state index < -0.39 is 23.6 Å². The number of ether oxygens (including phenoxy) is 1. The highest BCUT2D eigenvalue weighted by molar-refractivity contribution is 5.99. The molecule has 3 rings (SSSR count). The molecule has 2 aromatic carbocycles. The summed E-state index contributed by atoms with van der Waals surface area (Å²) in [4.78, 5) is 26.3. The molecule has 9 heteroatoms.